The maximum Gasteiger partial charge on any atom is 0.338 e. The molecule has 3 aromatic rings. The van der Waals surface area contributed by atoms with E-state index in [1.165, 1.54) is 6.07 Å². The van der Waals surface area contributed by atoms with Crippen molar-refractivity contribution in [2.45, 2.75) is 31.4 Å². The quantitative estimate of drug-likeness (QED) is 0.240. The molecule has 0 aromatic heterocycles. The predicted molar refractivity (Wildman–Crippen MR) is 129 cm³/mol. The highest BCUT2D eigenvalue weighted by Gasteiger charge is 2.74. The maximum atomic E-state index is 14.0. The first-order valence-corrected chi connectivity index (χ1v) is 11.8. The zero-order valence-electron chi connectivity index (χ0n) is 19.6. The number of nitro groups is 1. The van der Waals surface area contributed by atoms with Gasteiger partial charge in [0.25, 0.3) is 5.54 Å². The summed E-state index contributed by atoms with van der Waals surface area (Å²) in [4.78, 5) is 54.1. The Bertz CT molecular complexity index is 1430. The number of ether oxygens (including phenoxy) is 1. The van der Waals surface area contributed by atoms with Crippen LogP contribution in [0.4, 0.5) is 5.69 Å². The van der Waals surface area contributed by atoms with Gasteiger partial charge in [-0.05, 0) is 43.2 Å². The van der Waals surface area contributed by atoms with Crippen molar-refractivity contribution < 1.29 is 24.0 Å². The molecule has 0 spiro atoms. The third-order valence-electron chi connectivity index (χ3n) is 7.54. The number of hydrogen-bond donors (Lipinski definition) is 0. The Kier molecular flexibility index (Phi) is 4.67. The molecule has 2 atom stereocenters. The molecule has 3 aromatic carbocycles. The first-order chi connectivity index (χ1) is 17.3. The summed E-state index contributed by atoms with van der Waals surface area (Å²) in [5.41, 5.74) is 0.813. The first-order valence-electron chi connectivity index (χ1n) is 11.8. The second-order valence-electron chi connectivity index (χ2n) is 9.70. The van der Waals surface area contributed by atoms with Crippen molar-refractivity contribution in [3.63, 3.8) is 0 Å². The van der Waals surface area contributed by atoms with Crippen molar-refractivity contribution in [2.24, 2.45) is 11.8 Å². The Morgan fingerprint density at radius 2 is 1.56 bits per heavy atom. The normalized spacial score (nSPS) is 25.4. The molecule has 2 bridgehead atoms. The molecule has 0 unspecified atom stereocenters. The van der Waals surface area contributed by atoms with Crippen LogP contribution in [0.5, 0.6) is 0 Å². The summed E-state index contributed by atoms with van der Waals surface area (Å²) in [6.07, 6.45) is -0.341. The Hall–Kier alpha value is -4.33. The molecule has 0 saturated carbocycles. The Balaban J connectivity index is 1.55. The van der Waals surface area contributed by atoms with Crippen LogP contribution in [0.2, 0.25) is 0 Å². The van der Waals surface area contributed by atoms with Gasteiger partial charge in [0, 0.05) is 22.0 Å². The van der Waals surface area contributed by atoms with Gasteiger partial charge >= 0.3 is 5.97 Å². The molecular formula is C28H22N2O6. The maximum absolute atomic E-state index is 14.0. The fraction of sp³-hybridized carbons (Fsp3) is 0.250. The van der Waals surface area contributed by atoms with Crippen LogP contribution in [0.1, 0.15) is 52.4 Å². The fourth-order valence-corrected chi connectivity index (χ4v) is 6.35. The van der Waals surface area contributed by atoms with Crippen molar-refractivity contribution >= 4 is 23.5 Å². The summed E-state index contributed by atoms with van der Waals surface area (Å²) in [7, 11) is 0. The minimum atomic E-state index is -1.89. The molecule has 1 heterocycles. The smallest absolute Gasteiger partial charge is 0.338 e. The minimum absolute atomic E-state index is 0.190. The minimum Gasteiger partial charge on any atom is -0.459 e. The number of benzene rings is 3. The lowest BCUT2D eigenvalue weighted by atomic mass is 9.51. The number of rotatable bonds is 4. The third kappa shape index (κ3) is 2.66. The van der Waals surface area contributed by atoms with Gasteiger partial charge in [0.05, 0.1) is 23.3 Å². The van der Waals surface area contributed by atoms with Crippen LogP contribution in [-0.4, -0.2) is 28.8 Å². The number of carbonyl (C=O) groups is 3. The summed E-state index contributed by atoms with van der Waals surface area (Å²) in [5, 5.41) is 13.0. The monoisotopic (exact) mass is 482 g/mol. The number of amides is 2. The second-order valence-corrected chi connectivity index (χ2v) is 9.70. The van der Waals surface area contributed by atoms with Gasteiger partial charge in [0.2, 0.25) is 11.8 Å². The van der Waals surface area contributed by atoms with Crippen molar-refractivity contribution in [1.29, 1.82) is 0 Å². The summed E-state index contributed by atoms with van der Waals surface area (Å²) in [5.74, 6) is -4.34. The van der Waals surface area contributed by atoms with E-state index in [1.807, 2.05) is 12.1 Å². The lowest BCUT2D eigenvalue weighted by molar-refractivity contribution is -0.578. The molecule has 180 valence electrons. The molecule has 3 aliphatic carbocycles. The van der Waals surface area contributed by atoms with Crippen LogP contribution >= 0.6 is 0 Å². The molecule has 1 saturated heterocycles. The zero-order valence-corrected chi connectivity index (χ0v) is 19.6. The molecule has 1 aliphatic heterocycles. The highest BCUT2D eigenvalue weighted by atomic mass is 16.6. The lowest BCUT2D eigenvalue weighted by Crippen LogP contribution is -2.57. The van der Waals surface area contributed by atoms with Gasteiger partial charge in [-0.2, -0.15) is 0 Å². The molecule has 0 radical (unpaired) electrons. The molecule has 8 nitrogen and oxygen atoms in total. The standard InChI is InChI=1S/C28H22N2O6/c1-15(2)36-27(33)16-8-7-9-17(14-16)29-25(31)23-22-18-10-3-5-12-20(18)28(30(34)35,24(23)26(29)32)21-13-6-4-11-19(21)22/h3-15,22-24H,1-2H3/t22?,23-,24+,28?/m0/s1. The van der Waals surface area contributed by atoms with Gasteiger partial charge in [-0.25, -0.2) is 9.69 Å². The number of imide groups is 1. The topological polar surface area (TPSA) is 107 Å². The van der Waals surface area contributed by atoms with E-state index in [0.717, 1.165) is 4.90 Å². The van der Waals surface area contributed by atoms with E-state index in [4.69, 9.17) is 4.74 Å². The summed E-state index contributed by atoms with van der Waals surface area (Å²) >= 11 is 0. The van der Waals surface area contributed by atoms with Crippen LogP contribution in [0.25, 0.3) is 0 Å². The molecule has 2 amide bonds. The Morgan fingerprint density at radius 3 is 2.14 bits per heavy atom. The van der Waals surface area contributed by atoms with E-state index in [1.54, 1.807) is 68.4 Å². The SMILES string of the molecule is CC(C)OC(=O)c1cccc(N2C(=O)[C@H]3C4c5ccccc5C([N+](=O)[O-])(c5ccccc54)[C@H]3C2=O)c1. The van der Waals surface area contributed by atoms with Gasteiger partial charge in [-0.1, -0.05) is 54.6 Å². The van der Waals surface area contributed by atoms with Crippen LogP contribution in [0.3, 0.4) is 0 Å². The lowest BCUT2D eigenvalue weighted by Gasteiger charge is -2.48. The molecule has 8 heteroatoms. The van der Waals surface area contributed by atoms with Gasteiger partial charge in [-0.15, -0.1) is 0 Å². The molecule has 4 aliphatic rings. The van der Waals surface area contributed by atoms with Crippen LogP contribution in [-0.2, 0) is 19.9 Å². The first kappa shape index (κ1) is 22.2. The molecule has 36 heavy (non-hydrogen) atoms. The third-order valence-corrected chi connectivity index (χ3v) is 7.54. The van der Waals surface area contributed by atoms with E-state index in [2.05, 4.69) is 0 Å². The largest absolute Gasteiger partial charge is 0.459 e. The molecule has 1 fully saturated rings. The van der Waals surface area contributed by atoms with Gasteiger partial charge in [0.1, 0.15) is 5.92 Å². The highest BCUT2D eigenvalue weighted by Crippen LogP contribution is 2.64. The fourth-order valence-electron chi connectivity index (χ4n) is 6.35. The average Bonchev–Trinajstić information content (AvgIpc) is 3.14. The van der Waals surface area contributed by atoms with Crippen molar-refractivity contribution in [3.05, 3.63) is 111 Å². The van der Waals surface area contributed by atoms with E-state index in [0.29, 0.717) is 22.3 Å². The van der Waals surface area contributed by atoms with Gasteiger partial charge in [-0.3, -0.25) is 19.7 Å². The van der Waals surface area contributed by atoms with E-state index < -0.39 is 46.0 Å². The predicted octanol–water partition coefficient (Wildman–Crippen LogP) is 4.04. The number of nitrogens with zero attached hydrogens (tertiary/aromatic N) is 2. The Morgan fingerprint density at radius 1 is 0.944 bits per heavy atom. The van der Waals surface area contributed by atoms with E-state index >= 15 is 0 Å². The van der Waals surface area contributed by atoms with Gasteiger partial charge < -0.3 is 4.74 Å². The van der Waals surface area contributed by atoms with E-state index in [-0.39, 0.29) is 17.4 Å². The van der Waals surface area contributed by atoms with Gasteiger partial charge in [0.15, 0.2) is 0 Å². The van der Waals surface area contributed by atoms with Crippen LogP contribution in [0.15, 0.2) is 72.8 Å². The van der Waals surface area contributed by atoms with E-state index in [9.17, 15) is 24.5 Å². The van der Waals surface area contributed by atoms with Crippen molar-refractivity contribution in [3.8, 4) is 0 Å². The average molecular weight is 482 g/mol. The zero-order chi connectivity index (χ0) is 25.4. The second kappa shape index (κ2) is 7.58. The summed E-state index contributed by atoms with van der Waals surface area (Å²) < 4.78 is 5.26. The number of carbonyl (C=O) groups excluding carboxylic acids is 3. The molecule has 0 N–H and O–H groups in total. The van der Waals surface area contributed by atoms with Crippen LogP contribution in [0, 0.1) is 22.0 Å². The number of anilines is 1. The Labute approximate surface area is 206 Å². The summed E-state index contributed by atoms with van der Waals surface area (Å²) in [6, 6.07) is 20.2. The number of hydrogen-bond acceptors (Lipinski definition) is 6. The van der Waals surface area contributed by atoms with Crippen LogP contribution < -0.4 is 4.90 Å². The molecular weight excluding hydrogens is 460 g/mol. The molecule has 7 rings (SSSR count). The highest BCUT2D eigenvalue weighted by molar-refractivity contribution is 6.23. The van der Waals surface area contributed by atoms with Crippen molar-refractivity contribution in [1.82, 2.24) is 0 Å². The number of esters is 1. The van der Waals surface area contributed by atoms with Crippen molar-refractivity contribution in [2.75, 3.05) is 4.90 Å². The summed E-state index contributed by atoms with van der Waals surface area (Å²) in [6.45, 7) is 3.45.